The molecule has 3 saturated carbocycles. The number of carboxylic acids is 1. The second kappa shape index (κ2) is 11.9. The molecule has 0 aromatic carbocycles. The van der Waals surface area contributed by atoms with Crippen LogP contribution in [0, 0.1) is 62.6 Å². The second-order valence-corrected chi connectivity index (χ2v) is 19.0. The highest BCUT2D eigenvalue weighted by molar-refractivity contribution is 5.73. The van der Waals surface area contributed by atoms with E-state index in [-0.39, 0.29) is 50.7 Å². The van der Waals surface area contributed by atoms with Crippen LogP contribution >= 0.6 is 0 Å². The molecule has 9 nitrogen and oxygen atoms in total. The number of carbonyl (C=O) groups is 1. The molecule has 0 amide bonds. The van der Waals surface area contributed by atoms with Gasteiger partial charge in [-0.1, -0.05) is 74.0 Å². The summed E-state index contributed by atoms with van der Waals surface area (Å²) in [4.78, 5) is 17.7. The van der Waals surface area contributed by atoms with Gasteiger partial charge in [0.2, 0.25) is 0 Å². The zero-order valence-electron chi connectivity index (χ0n) is 32.0. The molecule has 9 heteroatoms. The van der Waals surface area contributed by atoms with Gasteiger partial charge in [0.25, 0.3) is 0 Å². The van der Waals surface area contributed by atoms with Gasteiger partial charge in [-0.25, -0.2) is 0 Å². The summed E-state index contributed by atoms with van der Waals surface area (Å²) in [5.74, 6) is 0.735. The summed E-state index contributed by atoms with van der Waals surface area (Å²) in [6.45, 7) is 25.1. The zero-order valence-corrected chi connectivity index (χ0v) is 32.0. The molecule has 48 heavy (non-hydrogen) atoms. The summed E-state index contributed by atoms with van der Waals surface area (Å²) in [5, 5.41) is 24.4. The third-order valence-corrected chi connectivity index (χ3v) is 16.5. The van der Waals surface area contributed by atoms with Crippen molar-refractivity contribution in [2.75, 3.05) is 33.9 Å². The van der Waals surface area contributed by atoms with E-state index < -0.39 is 11.9 Å². The van der Waals surface area contributed by atoms with Crippen molar-refractivity contribution >= 4 is 5.97 Å². The third kappa shape index (κ3) is 4.78. The third-order valence-electron chi connectivity index (χ3n) is 16.5. The van der Waals surface area contributed by atoms with Gasteiger partial charge in [0.15, 0.2) is 6.33 Å². The van der Waals surface area contributed by atoms with Crippen molar-refractivity contribution in [1.29, 1.82) is 0 Å². The highest BCUT2D eigenvalue weighted by Crippen LogP contribution is 2.75. The molecule has 2 heterocycles. The minimum atomic E-state index is -0.622. The zero-order chi connectivity index (χ0) is 35.2. The Labute approximate surface area is 290 Å². The Hall–Kier alpha value is -1.84. The SMILES string of the molecule is CC(C)[C@@H](C)[C@@]1(C)CC[C@]2(C)[C@H]3CC[C@@H]4[C@@]5(C)COC[C@@]4(C3=CC[C@@]2(C)[C@@H]1C(=O)O)[C@@H](OC[C@](C)(C(C)C)N(C)C)[C@H](n1ncnn1)C5. The molecular formula is C39H65N5O4. The van der Waals surface area contributed by atoms with Crippen LogP contribution in [0.4, 0.5) is 0 Å². The lowest BCUT2D eigenvalue weighted by atomic mass is 9.34. The van der Waals surface area contributed by atoms with Gasteiger partial charge in [0.05, 0.1) is 31.8 Å². The molecule has 1 aromatic heterocycles. The first kappa shape index (κ1) is 36.0. The van der Waals surface area contributed by atoms with E-state index in [1.807, 2.05) is 4.80 Å². The minimum Gasteiger partial charge on any atom is -0.481 e. The van der Waals surface area contributed by atoms with Crippen LogP contribution in [-0.4, -0.2) is 81.7 Å². The number of tetrazole rings is 1. The number of rotatable bonds is 9. The standard InChI is InChI=1S/C39H65N5O4/c1-24(2)26(5)35(7)17-18-36(8)27-13-14-30-34(6)19-29(44-41-23-40-42-44)32(48-21-38(10,25(3)4)43(11)12)39(30,22-47-20-34)28(27)15-16-37(36,9)31(35)33(45)46/h15,23-27,29-32H,13-14,16-22H2,1-12H3,(H,45,46)/t26-,27+,29-,30-,31-,32+,34-,35-,36-,37+,38-,39+/m1/s1. The number of nitrogens with zero attached hydrogens (tertiary/aromatic N) is 5. The van der Waals surface area contributed by atoms with E-state index in [9.17, 15) is 9.90 Å². The number of likely N-dealkylation sites (N-methyl/N-ethyl adjacent to an activating group) is 1. The Kier molecular flexibility index (Phi) is 8.89. The van der Waals surface area contributed by atoms with Crippen molar-refractivity contribution in [1.82, 2.24) is 25.1 Å². The van der Waals surface area contributed by atoms with Crippen LogP contribution < -0.4 is 0 Å². The summed E-state index contributed by atoms with van der Waals surface area (Å²) >= 11 is 0. The van der Waals surface area contributed by atoms with Crippen molar-refractivity contribution in [3.8, 4) is 0 Å². The van der Waals surface area contributed by atoms with Crippen LogP contribution in [0.3, 0.4) is 0 Å². The molecule has 1 aromatic rings. The number of aromatic nitrogens is 4. The van der Waals surface area contributed by atoms with E-state index in [0.717, 1.165) is 45.1 Å². The van der Waals surface area contributed by atoms with Crippen LogP contribution in [0.25, 0.3) is 0 Å². The molecule has 2 bridgehead atoms. The minimum absolute atomic E-state index is 0.0613. The normalized spacial score (nSPS) is 44.4. The van der Waals surface area contributed by atoms with E-state index in [1.54, 1.807) is 6.33 Å². The van der Waals surface area contributed by atoms with Gasteiger partial charge in [-0.15, -0.1) is 10.2 Å². The van der Waals surface area contributed by atoms with Crippen LogP contribution in [0.1, 0.15) is 114 Å². The molecule has 4 fully saturated rings. The second-order valence-electron chi connectivity index (χ2n) is 19.0. The van der Waals surface area contributed by atoms with Gasteiger partial charge in [-0.2, -0.15) is 4.80 Å². The average molecular weight is 668 g/mol. The Morgan fingerprint density at radius 1 is 1.10 bits per heavy atom. The quantitative estimate of drug-likeness (QED) is 0.277. The van der Waals surface area contributed by atoms with Gasteiger partial charge < -0.3 is 19.5 Å². The summed E-state index contributed by atoms with van der Waals surface area (Å²) in [5.41, 5.74) is 0.0843. The first-order valence-electron chi connectivity index (χ1n) is 18.9. The van der Waals surface area contributed by atoms with Crippen LogP contribution in [-0.2, 0) is 14.3 Å². The molecule has 5 aliphatic rings. The molecular weight excluding hydrogens is 602 g/mol. The molecule has 270 valence electrons. The number of hydrogen-bond donors (Lipinski definition) is 1. The van der Waals surface area contributed by atoms with Crippen molar-refractivity contribution in [3.05, 3.63) is 18.0 Å². The van der Waals surface area contributed by atoms with E-state index in [4.69, 9.17) is 9.47 Å². The molecule has 0 spiro atoms. The predicted octanol–water partition coefficient (Wildman–Crippen LogP) is 7.16. The number of hydrogen-bond acceptors (Lipinski definition) is 7. The van der Waals surface area contributed by atoms with Crippen molar-refractivity contribution in [3.63, 3.8) is 0 Å². The molecule has 1 N–H and O–H groups in total. The Bertz CT molecular complexity index is 1390. The molecule has 0 radical (unpaired) electrons. The molecule has 12 atom stereocenters. The van der Waals surface area contributed by atoms with E-state index in [1.165, 1.54) is 5.57 Å². The monoisotopic (exact) mass is 668 g/mol. The fraction of sp³-hybridized carbons (Fsp3) is 0.897. The summed E-state index contributed by atoms with van der Waals surface area (Å²) in [7, 11) is 4.31. The van der Waals surface area contributed by atoms with Crippen LogP contribution in [0.5, 0.6) is 0 Å². The lowest BCUT2D eigenvalue weighted by molar-refractivity contribution is -0.258. The Morgan fingerprint density at radius 3 is 2.40 bits per heavy atom. The molecule has 1 aliphatic heterocycles. The lowest BCUT2D eigenvalue weighted by Crippen LogP contribution is -2.70. The number of carboxylic acid groups (broad SMARTS) is 1. The number of fused-ring (bicyclic) bond motifs is 3. The summed E-state index contributed by atoms with van der Waals surface area (Å²) in [6.07, 6.45) is 9.65. The van der Waals surface area contributed by atoms with E-state index in [0.29, 0.717) is 36.9 Å². The number of allylic oxidation sites excluding steroid dienone is 1. The van der Waals surface area contributed by atoms with E-state index >= 15 is 0 Å². The van der Waals surface area contributed by atoms with Crippen LogP contribution in [0.2, 0.25) is 0 Å². The lowest BCUT2D eigenvalue weighted by Gasteiger charge is -2.71. The van der Waals surface area contributed by atoms with Crippen molar-refractivity contribution in [2.45, 2.75) is 125 Å². The van der Waals surface area contributed by atoms with Crippen LogP contribution in [0.15, 0.2) is 18.0 Å². The maximum atomic E-state index is 13.5. The Balaban J connectivity index is 1.51. The topological polar surface area (TPSA) is 103 Å². The average Bonchev–Trinajstić information content (AvgIpc) is 3.55. The van der Waals surface area contributed by atoms with Gasteiger partial charge in [-0.05, 0) is 116 Å². The van der Waals surface area contributed by atoms with Gasteiger partial charge in [0, 0.05) is 11.0 Å². The summed E-state index contributed by atoms with van der Waals surface area (Å²) in [6, 6.07) is -0.0784. The number of aliphatic carboxylic acids is 1. The maximum absolute atomic E-state index is 13.5. The van der Waals surface area contributed by atoms with Gasteiger partial charge in [-0.3, -0.25) is 4.79 Å². The molecule has 1 saturated heterocycles. The number of ether oxygens (including phenoxy) is 2. The van der Waals surface area contributed by atoms with Crippen molar-refractivity contribution < 1.29 is 19.4 Å². The molecule has 6 rings (SSSR count). The highest BCUT2D eigenvalue weighted by Gasteiger charge is 2.73. The molecule has 4 aliphatic carbocycles. The fourth-order valence-electron chi connectivity index (χ4n) is 12.5. The first-order chi connectivity index (χ1) is 22.3. The van der Waals surface area contributed by atoms with Gasteiger partial charge >= 0.3 is 5.97 Å². The van der Waals surface area contributed by atoms with Crippen molar-refractivity contribution in [2.24, 2.45) is 62.6 Å². The molecule has 0 unspecified atom stereocenters. The Morgan fingerprint density at radius 2 is 1.81 bits per heavy atom. The largest absolute Gasteiger partial charge is 0.481 e. The first-order valence-corrected chi connectivity index (χ1v) is 18.9. The highest BCUT2D eigenvalue weighted by atomic mass is 16.5. The maximum Gasteiger partial charge on any atom is 0.307 e. The van der Waals surface area contributed by atoms with E-state index in [2.05, 4.69) is 110 Å². The predicted molar refractivity (Wildman–Crippen MR) is 187 cm³/mol. The summed E-state index contributed by atoms with van der Waals surface area (Å²) < 4.78 is 14.1. The fourth-order valence-corrected chi connectivity index (χ4v) is 12.5. The smallest absolute Gasteiger partial charge is 0.307 e. The van der Waals surface area contributed by atoms with Gasteiger partial charge in [0.1, 0.15) is 6.04 Å².